The molecular weight excluding hydrogens is 282 g/mol. The number of anilines is 1. The van der Waals surface area contributed by atoms with Gasteiger partial charge in [-0.3, -0.25) is 19.2 Å². The Morgan fingerprint density at radius 2 is 1.95 bits per heavy atom. The molecule has 3 N–H and O–H groups in total. The number of carbonyl (C=O) groups excluding carboxylic acids is 2. The van der Waals surface area contributed by atoms with Crippen LogP contribution >= 0.6 is 0 Å². The van der Waals surface area contributed by atoms with Crippen LogP contribution in [0.2, 0.25) is 0 Å². The average Bonchev–Trinajstić information content (AvgIpc) is 2.85. The zero-order valence-corrected chi connectivity index (χ0v) is 12.4. The fourth-order valence-corrected chi connectivity index (χ4v) is 2.04. The van der Waals surface area contributed by atoms with E-state index in [1.54, 1.807) is 28.9 Å². The topological polar surface area (TPSA) is 93.2 Å². The highest BCUT2D eigenvalue weighted by molar-refractivity contribution is 5.91. The maximum Gasteiger partial charge on any atom is 0.239 e. The molecule has 0 spiro atoms. The van der Waals surface area contributed by atoms with E-state index in [0.717, 1.165) is 5.56 Å². The van der Waals surface area contributed by atoms with Crippen molar-refractivity contribution < 1.29 is 9.59 Å². The van der Waals surface area contributed by atoms with Crippen LogP contribution in [0.15, 0.2) is 42.6 Å². The summed E-state index contributed by atoms with van der Waals surface area (Å²) in [6.07, 6.45) is 1.80. The van der Waals surface area contributed by atoms with Gasteiger partial charge in [0.05, 0.1) is 19.6 Å². The van der Waals surface area contributed by atoms with Gasteiger partial charge in [-0.15, -0.1) is 0 Å². The second-order valence-electron chi connectivity index (χ2n) is 5.07. The third-order valence-corrected chi connectivity index (χ3v) is 2.93. The van der Waals surface area contributed by atoms with Gasteiger partial charge in [0.1, 0.15) is 0 Å². The number of nitrogens with zero attached hydrogens (tertiary/aromatic N) is 3. The van der Waals surface area contributed by atoms with Crippen LogP contribution in [0.1, 0.15) is 5.56 Å². The summed E-state index contributed by atoms with van der Waals surface area (Å²) in [4.78, 5) is 24.1. The molecule has 0 atom stereocenters. The van der Waals surface area contributed by atoms with Crippen LogP contribution in [0.25, 0.3) is 0 Å². The molecule has 0 radical (unpaired) electrons. The number of rotatable bonds is 7. The Morgan fingerprint density at radius 3 is 2.64 bits per heavy atom. The quantitative estimate of drug-likeness (QED) is 0.768. The number of benzene rings is 1. The molecule has 2 rings (SSSR count). The van der Waals surface area contributed by atoms with Gasteiger partial charge < -0.3 is 11.1 Å². The van der Waals surface area contributed by atoms with Gasteiger partial charge >= 0.3 is 0 Å². The first-order valence-electron chi connectivity index (χ1n) is 6.87. The molecule has 7 heteroatoms. The lowest BCUT2D eigenvalue weighted by Gasteiger charge is -2.13. The molecule has 1 heterocycles. The lowest BCUT2D eigenvalue weighted by molar-refractivity contribution is -0.120. The van der Waals surface area contributed by atoms with Gasteiger partial charge in [0.2, 0.25) is 11.8 Å². The zero-order chi connectivity index (χ0) is 15.9. The molecule has 0 bridgehead atoms. The lowest BCUT2D eigenvalue weighted by Crippen LogP contribution is -2.36. The number of hydrogen-bond acceptors (Lipinski definition) is 4. The number of hydrogen-bond donors (Lipinski definition) is 2. The maximum absolute atomic E-state index is 11.8. The van der Waals surface area contributed by atoms with E-state index in [0.29, 0.717) is 12.4 Å². The molecule has 116 valence electrons. The standard InChI is InChI=1S/C15H19N5O2/c1-19(10-13(16)21)11-15(22)17-14-7-8-20(18-14)9-12-5-3-2-4-6-12/h2-8H,9-11H2,1H3,(H2,16,21)(H,17,18,22). The third kappa shape index (κ3) is 5.02. The van der Waals surface area contributed by atoms with Gasteiger partial charge in [0.25, 0.3) is 0 Å². The molecule has 0 saturated carbocycles. The summed E-state index contributed by atoms with van der Waals surface area (Å²) in [5, 5.41) is 6.98. The largest absolute Gasteiger partial charge is 0.369 e. The SMILES string of the molecule is CN(CC(N)=O)CC(=O)Nc1ccn(Cc2ccccc2)n1. The molecule has 0 unspecified atom stereocenters. The molecule has 0 aliphatic rings. The molecule has 1 aromatic carbocycles. The highest BCUT2D eigenvalue weighted by Crippen LogP contribution is 2.06. The number of amides is 2. The van der Waals surface area contributed by atoms with Crippen LogP contribution in [-0.4, -0.2) is 46.6 Å². The Kier molecular flexibility index (Phi) is 5.26. The van der Waals surface area contributed by atoms with Crippen LogP contribution in [-0.2, 0) is 16.1 Å². The number of likely N-dealkylation sites (N-methyl/N-ethyl adjacent to an activating group) is 1. The number of aromatic nitrogens is 2. The van der Waals surface area contributed by atoms with Crippen molar-refractivity contribution in [3.63, 3.8) is 0 Å². The van der Waals surface area contributed by atoms with E-state index < -0.39 is 5.91 Å². The van der Waals surface area contributed by atoms with E-state index >= 15 is 0 Å². The lowest BCUT2D eigenvalue weighted by atomic mass is 10.2. The molecule has 0 saturated heterocycles. The van der Waals surface area contributed by atoms with Crippen molar-refractivity contribution in [2.24, 2.45) is 5.73 Å². The number of primary amides is 1. The summed E-state index contributed by atoms with van der Waals surface area (Å²) in [6, 6.07) is 11.7. The highest BCUT2D eigenvalue weighted by Gasteiger charge is 2.10. The van der Waals surface area contributed by atoms with Crippen molar-refractivity contribution >= 4 is 17.6 Å². The van der Waals surface area contributed by atoms with E-state index in [4.69, 9.17) is 5.73 Å². The first kappa shape index (κ1) is 15.7. The molecule has 2 aromatic rings. The second kappa shape index (κ2) is 7.37. The van der Waals surface area contributed by atoms with Gasteiger partial charge in [-0.25, -0.2) is 0 Å². The first-order valence-corrected chi connectivity index (χ1v) is 6.87. The van der Waals surface area contributed by atoms with Crippen molar-refractivity contribution in [1.82, 2.24) is 14.7 Å². The summed E-state index contributed by atoms with van der Waals surface area (Å²) in [5.41, 5.74) is 6.20. The molecule has 0 fully saturated rings. The zero-order valence-electron chi connectivity index (χ0n) is 12.4. The van der Waals surface area contributed by atoms with Crippen LogP contribution in [0.4, 0.5) is 5.82 Å². The van der Waals surface area contributed by atoms with Crippen LogP contribution in [0.3, 0.4) is 0 Å². The smallest absolute Gasteiger partial charge is 0.239 e. The van der Waals surface area contributed by atoms with Crippen molar-refractivity contribution in [1.29, 1.82) is 0 Å². The minimum atomic E-state index is -0.470. The highest BCUT2D eigenvalue weighted by atomic mass is 16.2. The van der Waals surface area contributed by atoms with Crippen LogP contribution in [0, 0.1) is 0 Å². The Hall–Kier alpha value is -2.67. The van der Waals surface area contributed by atoms with Gasteiger partial charge in [0, 0.05) is 12.3 Å². The monoisotopic (exact) mass is 301 g/mol. The molecule has 0 aliphatic heterocycles. The number of carbonyl (C=O) groups is 2. The van der Waals surface area contributed by atoms with Gasteiger partial charge in [-0.05, 0) is 12.6 Å². The first-order chi connectivity index (χ1) is 10.5. The fraction of sp³-hybridized carbons (Fsp3) is 0.267. The van der Waals surface area contributed by atoms with Crippen molar-refractivity contribution in [3.05, 3.63) is 48.2 Å². The number of nitrogens with two attached hydrogens (primary N) is 1. The van der Waals surface area contributed by atoms with E-state index in [2.05, 4.69) is 10.4 Å². The van der Waals surface area contributed by atoms with E-state index in [9.17, 15) is 9.59 Å². The Bertz CT molecular complexity index is 638. The van der Waals surface area contributed by atoms with Gasteiger partial charge in [-0.2, -0.15) is 5.10 Å². The summed E-state index contributed by atoms with van der Waals surface area (Å²) in [6.45, 7) is 0.753. The maximum atomic E-state index is 11.8. The minimum Gasteiger partial charge on any atom is -0.369 e. The van der Waals surface area contributed by atoms with Crippen LogP contribution < -0.4 is 11.1 Å². The molecule has 2 amide bonds. The van der Waals surface area contributed by atoms with Gasteiger partial charge in [-0.1, -0.05) is 30.3 Å². The van der Waals surface area contributed by atoms with E-state index in [1.165, 1.54) is 0 Å². The average molecular weight is 301 g/mol. The normalized spacial score (nSPS) is 10.6. The summed E-state index contributed by atoms with van der Waals surface area (Å²) in [5.74, 6) is -0.232. The predicted molar refractivity (Wildman–Crippen MR) is 83.1 cm³/mol. The molecule has 7 nitrogen and oxygen atoms in total. The molecular formula is C15H19N5O2. The summed E-state index contributed by atoms with van der Waals surface area (Å²) < 4.78 is 1.75. The van der Waals surface area contributed by atoms with Crippen molar-refractivity contribution in [3.8, 4) is 0 Å². The van der Waals surface area contributed by atoms with Gasteiger partial charge in [0.15, 0.2) is 5.82 Å². The molecule has 1 aromatic heterocycles. The van der Waals surface area contributed by atoms with E-state index in [-0.39, 0.29) is 19.0 Å². The van der Waals surface area contributed by atoms with Crippen molar-refractivity contribution in [2.45, 2.75) is 6.54 Å². The Labute approximate surface area is 128 Å². The Balaban J connectivity index is 1.86. The Morgan fingerprint density at radius 1 is 1.23 bits per heavy atom. The fourth-order valence-electron chi connectivity index (χ4n) is 2.04. The molecule has 22 heavy (non-hydrogen) atoms. The summed E-state index contributed by atoms with van der Waals surface area (Å²) >= 11 is 0. The molecule has 0 aliphatic carbocycles. The predicted octanol–water partition coefficient (Wildman–Crippen LogP) is 0.287. The third-order valence-electron chi connectivity index (χ3n) is 2.93. The van der Waals surface area contributed by atoms with Crippen molar-refractivity contribution in [2.75, 3.05) is 25.5 Å². The van der Waals surface area contributed by atoms with Crippen LogP contribution in [0.5, 0.6) is 0 Å². The summed E-state index contributed by atoms with van der Waals surface area (Å²) in [7, 11) is 1.65. The number of nitrogens with one attached hydrogen (secondary N) is 1. The van der Waals surface area contributed by atoms with E-state index in [1.807, 2.05) is 30.3 Å². The second-order valence-corrected chi connectivity index (χ2v) is 5.07. The minimum absolute atomic E-state index is 0.0376.